The minimum atomic E-state index is -0.304. The molecule has 1 aromatic carbocycles. The van der Waals surface area contributed by atoms with Gasteiger partial charge in [0.2, 0.25) is 5.13 Å². The number of carbonyl (C=O) groups is 1. The van der Waals surface area contributed by atoms with Crippen molar-refractivity contribution in [3.8, 4) is 0 Å². The first-order valence-electron chi connectivity index (χ1n) is 5.65. The number of amidine groups is 1. The quantitative estimate of drug-likeness (QED) is 0.867. The Morgan fingerprint density at radius 3 is 2.80 bits per heavy atom. The molecule has 1 amide bonds. The van der Waals surface area contributed by atoms with Gasteiger partial charge in [0.15, 0.2) is 5.17 Å². The van der Waals surface area contributed by atoms with Gasteiger partial charge in [0.1, 0.15) is 5.82 Å². The monoisotopic (exact) mass is 305 g/mol. The maximum atomic E-state index is 12.8. The lowest BCUT2D eigenvalue weighted by molar-refractivity contribution is -0.115. The van der Waals surface area contributed by atoms with Gasteiger partial charge in [-0.15, -0.1) is 11.3 Å². The van der Waals surface area contributed by atoms with Gasteiger partial charge in [-0.05, 0) is 35.5 Å². The Balaban J connectivity index is 1.82. The fraction of sp³-hybridized carbons (Fsp3) is 0. The van der Waals surface area contributed by atoms with Crippen LogP contribution in [0.2, 0.25) is 0 Å². The molecule has 0 bridgehead atoms. The van der Waals surface area contributed by atoms with Crippen molar-refractivity contribution >= 4 is 45.4 Å². The zero-order valence-electron chi connectivity index (χ0n) is 10.0. The van der Waals surface area contributed by atoms with E-state index >= 15 is 0 Å². The first-order valence-corrected chi connectivity index (χ1v) is 7.35. The summed E-state index contributed by atoms with van der Waals surface area (Å²) in [7, 11) is 0. The van der Waals surface area contributed by atoms with E-state index in [0.717, 1.165) is 5.56 Å². The third kappa shape index (κ3) is 2.94. The summed E-state index contributed by atoms with van der Waals surface area (Å²) in [6, 6.07) is 5.95. The summed E-state index contributed by atoms with van der Waals surface area (Å²) in [6.07, 6.45) is 3.35. The molecule has 2 heterocycles. The lowest BCUT2D eigenvalue weighted by Gasteiger charge is -1.94. The minimum Gasteiger partial charge on any atom is -0.300 e. The fourth-order valence-corrected chi connectivity index (χ4v) is 2.94. The number of hydrogen-bond acceptors (Lipinski definition) is 5. The molecule has 20 heavy (non-hydrogen) atoms. The Kier molecular flexibility index (Phi) is 3.62. The van der Waals surface area contributed by atoms with Crippen molar-refractivity contribution < 1.29 is 9.18 Å². The van der Waals surface area contributed by atoms with Crippen LogP contribution in [0.4, 0.5) is 9.52 Å². The van der Waals surface area contributed by atoms with Crippen LogP contribution in [0.5, 0.6) is 0 Å². The van der Waals surface area contributed by atoms with Gasteiger partial charge in [-0.2, -0.15) is 4.99 Å². The molecule has 0 spiro atoms. The molecule has 0 unspecified atom stereocenters. The van der Waals surface area contributed by atoms with Gasteiger partial charge in [-0.3, -0.25) is 4.79 Å². The summed E-state index contributed by atoms with van der Waals surface area (Å²) in [5, 5.41) is 5.58. The highest BCUT2D eigenvalue weighted by molar-refractivity contribution is 8.18. The normalized spacial score (nSPS) is 18.8. The van der Waals surface area contributed by atoms with Crippen LogP contribution in [0.25, 0.3) is 6.08 Å². The molecule has 0 radical (unpaired) electrons. The molecule has 3 rings (SSSR count). The molecule has 1 aromatic heterocycles. The number of aromatic nitrogens is 1. The van der Waals surface area contributed by atoms with E-state index in [1.807, 2.05) is 5.38 Å². The van der Waals surface area contributed by atoms with E-state index in [-0.39, 0.29) is 11.7 Å². The van der Waals surface area contributed by atoms with Gasteiger partial charge < -0.3 is 5.32 Å². The van der Waals surface area contributed by atoms with E-state index in [1.54, 1.807) is 24.4 Å². The number of nitrogens with one attached hydrogen (secondary N) is 1. The number of thiazole rings is 1. The van der Waals surface area contributed by atoms with E-state index in [9.17, 15) is 9.18 Å². The number of carbonyl (C=O) groups excluding carboxylic acids is 1. The number of hydrogen-bond donors (Lipinski definition) is 1. The first kappa shape index (κ1) is 13.0. The second-order valence-corrected chi connectivity index (χ2v) is 5.75. The molecule has 1 aliphatic rings. The van der Waals surface area contributed by atoms with Crippen LogP contribution in [-0.4, -0.2) is 16.1 Å². The number of halogens is 1. The van der Waals surface area contributed by atoms with Crippen LogP contribution in [-0.2, 0) is 4.79 Å². The molecule has 0 aliphatic carbocycles. The average molecular weight is 305 g/mol. The van der Waals surface area contributed by atoms with E-state index < -0.39 is 0 Å². The Labute approximate surface area is 122 Å². The first-order chi connectivity index (χ1) is 9.70. The van der Waals surface area contributed by atoms with E-state index in [2.05, 4.69) is 15.3 Å². The van der Waals surface area contributed by atoms with Gasteiger partial charge in [0, 0.05) is 11.6 Å². The van der Waals surface area contributed by atoms with Gasteiger partial charge in [-0.1, -0.05) is 12.1 Å². The second-order valence-electron chi connectivity index (χ2n) is 3.85. The van der Waals surface area contributed by atoms with Crippen molar-refractivity contribution in [2.24, 2.45) is 4.99 Å². The number of nitrogens with zero attached hydrogens (tertiary/aromatic N) is 2. The molecule has 1 N–H and O–H groups in total. The van der Waals surface area contributed by atoms with Crippen molar-refractivity contribution in [3.05, 3.63) is 52.1 Å². The molecule has 0 atom stereocenters. The van der Waals surface area contributed by atoms with Crippen molar-refractivity contribution in [3.63, 3.8) is 0 Å². The summed E-state index contributed by atoms with van der Waals surface area (Å²) in [4.78, 5) is 20.6. The molecular weight excluding hydrogens is 297 g/mol. The van der Waals surface area contributed by atoms with Crippen LogP contribution >= 0.6 is 23.1 Å². The predicted molar refractivity (Wildman–Crippen MR) is 79.3 cm³/mol. The fourth-order valence-electron chi connectivity index (χ4n) is 1.55. The standard InChI is InChI=1S/C13H8FN3OS2/c14-9-3-1-8(2-4-9)7-10-11(18)16-13(20-10)17-12-15-5-6-19-12/h1-7H,(H,15,16,17,18)/b10-7-. The lowest BCUT2D eigenvalue weighted by atomic mass is 10.2. The van der Waals surface area contributed by atoms with Crippen LogP contribution in [0.3, 0.4) is 0 Å². The zero-order chi connectivity index (χ0) is 13.9. The number of thioether (sulfide) groups is 1. The second kappa shape index (κ2) is 5.56. The van der Waals surface area contributed by atoms with Gasteiger partial charge in [0.05, 0.1) is 4.91 Å². The zero-order valence-corrected chi connectivity index (χ0v) is 11.7. The van der Waals surface area contributed by atoms with Crippen molar-refractivity contribution in [1.29, 1.82) is 0 Å². The number of benzene rings is 1. The third-order valence-electron chi connectivity index (χ3n) is 2.44. The topological polar surface area (TPSA) is 54.4 Å². The van der Waals surface area contributed by atoms with Crippen LogP contribution in [0, 0.1) is 5.82 Å². The summed E-state index contributed by atoms with van der Waals surface area (Å²) >= 11 is 2.63. The maximum Gasteiger partial charge on any atom is 0.264 e. The summed E-state index contributed by atoms with van der Waals surface area (Å²) in [5.41, 5.74) is 0.763. The smallest absolute Gasteiger partial charge is 0.264 e. The predicted octanol–water partition coefficient (Wildman–Crippen LogP) is 3.17. The van der Waals surface area contributed by atoms with Crippen LogP contribution in [0.15, 0.2) is 45.7 Å². The highest BCUT2D eigenvalue weighted by atomic mass is 32.2. The molecule has 7 heteroatoms. The molecule has 0 saturated carbocycles. The molecule has 1 fully saturated rings. The lowest BCUT2D eigenvalue weighted by Crippen LogP contribution is -2.19. The Bertz CT molecular complexity index is 693. The van der Waals surface area contributed by atoms with Crippen LogP contribution < -0.4 is 5.32 Å². The maximum absolute atomic E-state index is 12.8. The Morgan fingerprint density at radius 1 is 1.30 bits per heavy atom. The van der Waals surface area contributed by atoms with E-state index in [1.165, 1.54) is 35.2 Å². The van der Waals surface area contributed by atoms with Gasteiger partial charge >= 0.3 is 0 Å². The average Bonchev–Trinajstić information content (AvgIpc) is 3.04. The largest absolute Gasteiger partial charge is 0.300 e. The minimum absolute atomic E-state index is 0.213. The molecule has 2 aromatic rings. The Hall–Kier alpha value is -1.99. The molecule has 4 nitrogen and oxygen atoms in total. The van der Waals surface area contributed by atoms with Crippen LogP contribution in [0.1, 0.15) is 5.56 Å². The number of amides is 1. The van der Waals surface area contributed by atoms with Crippen molar-refractivity contribution in [2.45, 2.75) is 0 Å². The highest BCUT2D eigenvalue weighted by Crippen LogP contribution is 2.28. The molecule has 1 saturated heterocycles. The van der Waals surface area contributed by atoms with Gasteiger partial charge in [0.25, 0.3) is 5.91 Å². The summed E-state index contributed by atoms with van der Waals surface area (Å²) < 4.78 is 12.8. The summed E-state index contributed by atoms with van der Waals surface area (Å²) in [6.45, 7) is 0. The number of aliphatic imine (C=N–C) groups is 1. The van der Waals surface area contributed by atoms with Crippen molar-refractivity contribution in [2.75, 3.05) is 0 Å². The highest BCUT2D eigenvalue weighted by Gasteiger charge is 2.23. The SMILES string of the molecule is O=C1N/C(=N\c2nccs2)S/C1=C\c1ccc(F)cc1. The van der Waals surface area contributed by atoms with Gasteiger partial charge in [-0.25, -0.2) is 9.37 Å². The molecule has 1 aliphatic heterocycles. The summed E-state index contributed by atoms with van der Waals surface area (Å²) in [5.74, 6) is -0.517. The number of rotatable bonds is 2. The molecule has 100 valence electrons. The molecular formula is C13H8FN3OS2. The van der Waals surface area contributed by atoms with E-state index in [0.29, 0.717) is 15.2 Å². The van der Waals surface area contributed by atoms with E-state index in [4.69, 9.17) is 0 Å². The Morgan fingerprint density at radius 2 is 2.10 bits per heavy atom. The van der Waals surface area contributed by atoms with Crippen molar-refractivity contribution in [1.82, 2.24) is 10.3 Å². The third-order valence-corrected chi connectivity index (χ3v) is 4.01.